The van der Waals surface area contributed by atoms with Crippen LogP contribution in [0.5, 0.6) is 0 Å². The minimum atomic E-state index is -4.67. The molecular formula is C21H15F4N3. The molecule has 2 N–H and O–H groups in total. The van der Waals surface area contributed by atoms with Crippen LogP contribution in [0.3, 0.4) is 0 Å². The predicted molar refractivity (Wildman–Crippen MR) is 99.6 cm³/mol. The number of nitrogens with zero attached hydrogens (tertiary/aromatic N) is 1. The zero-order valence-electron chi connectivity index (χ0n) is 14.5. The summed E-state index contributed by atoms with van der Waals surface area (Å²) in [6.07, 6.45) is -4.67. The minimum Gasteiger partial charge on any atom is -0.379 e. The molecule has 0 saturated heterocycles. The maximum atomic E-state index is 13.3. The molecule has 3 aromatic carbocycles. The first kappa shape index (κ1) is 19.2. The molecule has 0 aromatic heterocycles. The van der Waals surface area contributed by atoms with Crippen LogP contribution in [0, 0.1) is 17.1 Å². The molecule has 142 valence electrons. The first-order valence-electron chi connectivity index (χ1n) is 8.32. The van der Waals surface area contributed by atoms with E-state index in [0.717, 1.165) is 17.8 Å². The topological polar surface area (TPSA) is 47.9 Å². The quantitative estimate of drug-likeness (QED) is 0.524. The Balaban J connectivity index is 1.89. The number of halogens is 4. The fourth-order valence-corrected chi connectivity index (χ4v) is 2.70. The van der Waals surface area contributed by atoms with Gasteiger partial charge in [-0.1, -0.05) is 24.3 Å². The summed E-state index contributed by atoms with van der Waals surface area (Å²) < 4.78 is 52.8. The Bertz CT molecular complexity index is 1010. The third kappa shape index (κ3) is 4.60. The first-order valence-corrected chi connectivity index (χ1v) is 8.32. The lowest BCUT2D eigenvalue weighted by molar-refractivity contribution is -0.138. The minimum absolute atomic E-state index is 0.0954. The summed E-state index contributed by atoms with van der Waals surface area (Å²) in [4.78, 5) is 0. The van der Waals surface area contributed by atoms with Crippen LogP contribution >= 0.6 is 0 Å². The van der Waals surface area contributed by atoms with E-state index in [1.54, 1.807) is 18.2 Å². The second-order valence-electron chi connectivity index (χ2n) is 6.02. The van der Waals surface area contributed by atoms with Gasteiger partial charge in [0.2, 0.25) is 0 Å². The number of nitriles is 1. The normalized spacial score (nSPS) is 11.0. The number of alkyl halides is 3. The van der Waals surface area contributed by atoms with E-state index in [4.69, 9.17) is 5.26 Å². The molecule has 0 heterocycles. The van der Waals surface area contributed by atoms with E-state index in [9.17, 15) is 17.6 Å². The van der Waals surface area contributed by atoms with Crippen molar-refractivity contribution in [2.75, 3.05) is 10.6 Å². The van der Waals surface area contributed by atoms with Gasteiger partial charge < -0.3 is 10.6 Å². The summed E-state index contributed by atoms with van der Waals surface area (Å²) in [5.74, 6) is -0.950. The average Bonchev–Trinajstić information content (AvgIpc) is 2.68. The van der Waals surface area contributed by atoms with Crippen molar-refractivity contribution in [1.82, 2.24) is 0 Å². The monoisotopic (exact) mass is 385 g/mol. The summed E-state index contributed by atoms with van der Waals surface area (Å²) in [5.41, 5.74) is 1.07. The smallest absolute Gasteiger partial charge is 0.379 e. The maximum Gasteiger partial charge on any atom is 0.416 e. The molecule has 0 spiro atoms. The molecule has 0 aliphatic heterocycles. The molecule has 0 saturated carbocycles. The average molecular weight is 385 g/mol. The van der Waals surface area contributed by atoms with Gasteiger partial charge in [0.05, 0.1) is 28.6 Å². The molecule has 0 fully saturated rings. The summed E-state index contributed by atoms with van der Waals surface area (Å²) in [7, 11) is 0. The van der Waals surface area contributed by atoms with Gasteiger partial charge in [-0.25, -0.2) is 4.39 Å². The van der Waals surface area contributed by atoms with Crippen molar-refractivity contribution in [2.24, 2.45) is 0 Å². The number of hydrogen-bond acceptors (Lipinski definition) is 3. The number of benzene rings is 3. The lowest BCUT2D eigenvalue weighted by Gasteiger charge is -2.17. The van der Waals surface area contributed by atoms with Crippen LogP contribution in [0.1, 0.15) is 16.7 Å². The summed E-state index contributed by atoms with van der Waals surface area (Å²) in [6.45, 7) is -0.187. The highest BCUT2D eigenvalue weighted by Crippen LogP contribution is 2.34. The number of hydrogen-bond donors (Lipinski definition) is 2. The highest BCUT2D eigenvalue weighted by Gasteiger charge is 2.33. The highest BCUT2D eigenvalue weighted by molar-refractivity contribution is 5.75. The lowest BCUT2D eigenvalue weighted by atomic mass is 10.1. The van der Waals surface area contributed by atoms with Crippen molar-refractivity contribution < 1.29 is 17.6 Å². The molecule has 0 aliphatic rings. The fourth-order valence-electron chi connectivity index (χ4n) is 2.70. The number of rotatable bonds is 5. The zero-order valence-corrected chi connectivity index (χ0v) is 14.5. The zero-order chi connectivity index (χ0) is 20.1. The van der Waals surface area contributed by atoms with E-state index in [2.05, 4.69) is 10.6 Å². The molecule has 0 radical (unpaired) electrons. The van der Waals surface area contributed by atoms with Gasteiger partial charge in [0.15, 0.2) is 0 Å². The van der Waals surface area contributed by atoms with Gasteiger partial charge in [-0.3, -0.25) is 0 Å². The van der Waals surface area contributed by atoms with Gasteiger partial charge in [-0.15, -0.1) is 0 Å². The second kappa shape index (κ2) is 8.01. The predicted octanol–water partition coefficient (Wildman–Crippen LogP) is 6.07. The van der Waals surface area contributed by atoms with Gasteiger partial charge in [-0.2, -0.15) is 18.4 Å². The third-order valence-electron chi connectivity index (χ3n) is 4.05. The van der Waals surface area contributed by atoms with Crippen molar-refractivity contribution in [3.63, 3.8) is 0 Å². The lowest BCUT2D eigenvalue weighted by Crippen LogP contribution is -2.13. The molecular weight excluding hydrogens is 370 g/mol. The Morgan fingerprint density at radius 2 is 1.64 bits per heavy atom. The van der Waals surface area contributed by atoms with Gasteiger partial charge in [0.1, 0.15) is 5.82 Å². The number of anilines is 3. The van der Waals surface area contributed by atoms with Crippen molar-refractivity contribution in [2.45, 2.75) is 12.7 Å². The molecule has 28 heavy (non-hydrogen) atoms. The first-order chi connectivity index (χ1) is 13.4. The van der Waals surface area contributed by atoms with Crippen molar-refractivity contribution >= 4 is 17.1 Å². The van der Waals surface area contributed by atoms with Crippen LogP contribution in [-0.4, -0.2) is 0 Å². The third-order valence-corrected chi connectivity index (χ3v) is 4.05. The Morgan fingerprint density at radius 3 is 2.32 bits per heavy atom. The van der Waals surface area contributed by atoms with Crippen molar-refractivity contribution in [3.05, 3.63) is 89.2 Å². The van der Waals surface area contributed by atoms with Crippen LogP contribution < -0.4 is 10.6 Å². The van der Waals surface area contributed by atoms with Crippen molar-refractivity contribution in [3.8, 4) is 6.07 Å². The standard InChI is InChI=1S/C21H15F4N3/c22-16-8-7-15(18(11-16)21(23,24)25)13-27-20-10-14(12-26)6-9-19(20)28-17-4-2-1-3-5-17/h1-11,27-28H,13H2. The molecule has 3 aromatic rings. The molecule has 7 heteroatoms. The molecule has 0 atom stereocenters. The van der Waals surface area contributed by atoms with Crippen LogP contribution in [0.2, 0.25) is 0 Å². The Labute approximate surface area is 159 Å². The Hall–Kier alpha value is -3.53. The van der Waals surface area contributed by atoms with Crippen LogP contribution in [0.15, 0.2) is 66.7 Å². The Kier molecular flexibility index (Phi) is 5.50. The van der Waals surface area contributed by atoms with E-state index in [1.807, 2.05) is 36.4 Å². The molecule has 3 nitrogen and oxygen atoms in total. The van der Waals surface area contributed by atoms with Crippen LogP contribution in [-0.2, 0) is 12.7 Å². The van der Waals surface area contributed by atoms with Gasteiger partial charge in [0.25, 0.3) is 0 Å². The highest BCUT2D eigenvalue weighted by atomic mass is 19.4. The van der Waals surface area contributed by atoms with E-state index in [0.29, 0.717) is 23.0 Å². The number of nitrogens with one attached hydrogen (secondary N) is 2. The van der Waals surface area contributed by atoms with Crippen molar-refractivity contribution in [1.29, 1.82) is 5.26 Å². The summed E-state index contributed by atoms with van der Waals surface area (Å²) in [6, 6.07) is 18.6. The Morgan fingerprint density at radius 1 is 0.893 bits per heavy atom. The van der Waals surface area contributed by atoms with E-state index < -0.39 is 17.6 Å². The van der Waals surface area contributed by atoms with E-state index in [-0.39, 0.29) is 12.1 Å². The van der Waals surface area contributed by atoms with Crippen LogP contribution in [0.25, 0.3) is 0 Å². The van der Waals surface area contributed by atoms with E-state index in [1.165, 1.54) is 0 Å². The van der Waals surface area contributed by atoms with E-state index >= 15 is 0 Å². The second-order valence-corrected chi connectivity index (χ2v) is 6.02. The number of para-hydroxylation sites is 1. The fraction of sp³-hybridized carbons (Fsp3) is 0.0952. The van der Waals surface area contributed by atoms with Gasteiger partial charge >= 0.3 is 6.18 Å². The molecule has 0 amide bonds. The SMILES string of the molecule is N#Cc1ccc(Nc2ccccc2)c(NCc2ccc(F)cc2C(F)(F)F)c1. The summed E-state index contributed by atoms with van der Waals surface area (Å²) in [5, 5.41) is 15.2. The molecule has 0 aliphatic carbocycles. The largest absolute Gasteiger partial charge is 0.416 e. The molecule has 0 unspecified atom stereocenters. The van der Waals surface area contributed by atoms with Crippen LogP contribution in [0.4, 0.5) is 34.6 Å². The molecule has 3 rings (SSSR count). The maximum absolute atomic E-state index is 13.3. The summed E-state index contributed by atoms with van der Waals surface area (Å²) >= 11 is 0. The van der Waals surface area contributed by atoms with Gasteiger partial charge in [-0.05, 0) is 48.0 Å². The molecule has 0 bridgehead atoms. The van der Waals surface area contributed by atoms with Gasteiger partial charge in [0, 0.05) is 12.2 Å².